The van der Waals surface area contributed by atoms with E-state index in [4.69, 9.17) is 9.84 Å². The lowest BCUT2D eigenvalue weighted by Crippen LogP contribution is -2.39. The van der Waals surface area contributed by atoms with E-state index in [1.165, 1.54) is 6.07 Å². The molecule has 2 unspecified atom stereocenters. The Morgan fingerprint density at radius 3 is 2.80 bits per heavy atom. The molecule has 1 aliphatic rings. The average molecular weight is 282 g/mol. The number of amides is 1. The van der Waals surface area contributed by atoms with Gasteiger partial charge in [-0.1, -0.05) is 0 Å². The summed E-state index contributed by atoms with van der Waals surface area (Å²) < 4.78 is 18.3. The van der Waals surface area contributed by atoms with E-state index in [-0.39, 0.29) is 29.8 Å². The zero-order valence-electron chi connectivity index (χ0n) is 10.9. The van der Waals surface area contributed by atoms with Crippen LogP contribution < -0.4 is 10.6 Å². The van der Waals surface area contributed by atoms with Crippen molar-refractivity contribution in [2.75, 3.05) is 25.6 Å². The molecule has 1 aromatic rings. The van der Waals surface area contributed by atoms with E-state index < -0.39 is 17.7 Å². The van der Waals surface area contributed by atoms with Crippen LogP contribution in [0.15, 0.2) is 18.2 Å². The van der Waals surface area contributed by atoms with E-state index in [9.17, 15) is 14.0 Å². The van der Waals surface area contributed by atoms with Gasteiger partial charge in [0, 0.05) is 6.04 Å². The molecule has 7 heteroatoms. The molecule has 1 aliphatic heterocycles. The molecule has 0 aliphatic carbocycles. The van der Waals surface area contributed by atoms with Gasteiger partial charge in [0.25, 0.3) is 0 Å². The van der Waals surface area contributed by atoms with E-state index in [0.29, 0.717) is 6.61 Å². The molecule has 1 aromatic carbocycles. The highest BCUT2D eigenvalue weighted by molar-refractivity contribution is 6.01. The summed E-state index contributed by atoms with van der Waals surface area (Å²) in [6.07, 6.45) is 0. The summed E-state index contributed by atoms with van der Waals surface area (Å²) in [7, 11) is 1.72. The smallest absolute Gasteiger partial charge is 0.337 e. The van der Waals surface area contributed by atoms with Crippen molar-refractivity contribution in [3.8, 4) is 0 Å². The number of carboxylic acids is 1. The number of hydrogen-bond donors (Lipinski definition) is 3. The van der Waals surface area contributed by atoms with Gasteiger partial charge in [-0.25, -0.2) is 9.18 Å². The second-order valence-electron chi connectivity index (χ2n) is 4.52. The summed E-state index contributed by atoms with van der Waals surface area (Å²) in [5, 5.41) is 14.5. The third kappa shape index (κ3) is 2.94. The fraction of sp³-hybridized carbons (Fsp3) is 0.385. The Morgan fingerprint density at radius 1 is 1.40 bits per heavy atom. The van der Waals surface area contributed by atoms with Crippen LogP contribution in [0, 0.1) is 11.7 Å². The van der Waals surface area contributed by atoms with Crippen LogP contribution in [0.5, 0.6) is 0 Å². The maximum absolute atomic E-state index is 13.1. The summed E-state index contributed by atoms with van der Waals surface area (Å²) in [5.74, 6) is -2.73. The minimum absolute atomic E-state index is 0.0747. The molecular weight excluding hydrogens is 267 g/mol. The molecule has 2 rings (SSSR count). The van der Waals surface area contributed by atoms with Crippen LogP contribution in [0.4, 0.5) is 10.1 Å². The van der Waals surface area contributed by atoms with Gasteiger partial charge in [-0.05, 0) is 25.2 Å². The first-order chi connectivity index (χ1) is 9.52. The van der Waals surface area contributed by atoms with Crippen molar-refractivity contribution >= 4 is 17.6 Å². The minimum atomic E-state index is -1.30. The van der Waals surface area contributed by atoms with Gasteiger partial charge in [0.1, 0.15) is 5.82 Å². The summed E-state index contributed by atoms with van der Waals surface area (Å²) in [6, 6.07) is 3.09. The van der Waals surface area contributed by atoms with E-state index >= 15 is 0 Å². The first-order valence-electron chi connectivity index (χ1n) is 6.11. The number of anilines is 1. The van der Waals surface area contributed by atoms with E-state index in [0.717, 1.165) is 12.1 Å². The molecule has 20 heavy (non-hydrogen) atoms. The molecule has 0 saturated carbocycles. The fourth-order valence-corrected chi connectivity index (χ4v) is 2.13. The number of likely N-dealkylation sites (N-methyl/N-ethyl adjacent to an activating group) is 1. The van der Waals surface area contributed by atoms with Crippen LogP contribution in [0.25, 0.3) is 0 Å². The van der Waals surface area contributed by atoms with Crippen LogP contribution in [0.2, 0.25) is 0 Å². The Kier molecular flexibility index (Phi) is 4.31. The van der Waals surface area contributed by atoms with Gasteiger partial charge in [-0.2, -0.15) is 0 Å². The van der Waals surface area contributed by atoms with Crippen LogP contribution in [-0.4, -0.2) is 43.3 Å². The van der Waals surface area contributed by atoms with Crippen LogP contribution in [0.3, 0.4) is 0 Å². The third-order valence-electron chi connectivity index (χ3n) is 3.26. The quantitative estimate of drug-likeness (QED) is 0.756. The number of carbonyl (C=O) groups excluding carboxylic acids is 1. The molecule has 0 spiro atoms. The number of benzene rings is 1. The second kappa shape index (κ2) is 5.98. The van der Waals surface area contributed by atoms with Crippen LogP contribution in [0.1, 0.15) is 10.4 Å². The topological polar surface area (TPSA) is 87.7 Å². The van der Waals surface area contributed by atoms with Crippen molar-refractivity contribution in [1.82, 2.24) is 5.32 Å². The van der Waals surface area contributed by atoms with Gasteiger partial charge in [-0.3, -0.25) is 4.79 Å². The molecule has 1 heterocycles. The summed E-state index contributed by atoms with van der Waals surface area (Å²) >= 11 is 0. The first kappa shape index (κ1) is 14.4. The molecule has 1 fully saturated rings. The Labute approximate surface area is 114 Å². The molecule has 0 aromatic heterocycles. The number of ether oxygens (including phenoxy) is 1. The van der Waals surface area contributed by atoms with Crippen molar-refractivity contribution in [3.63, 3.8) is 0 Å². The number of nitrogens with one attached hydrogen (secondary N) is 2. The monoisotopic (exact) mass is 282 g/mol. The van der Waals surface area contributed by atoms with Gasteiger partial charge in [0.05, 0.1) is 30.4 Å². The zero-order chi connectivity index (χ0) is 14.7. The van der Waals surface area contributed by atoms with Gasteiger partial charge in [0.2, 0.25) is 5.91 Å². The van der Waals surface area contributed by atoms with E-state index in [1.807, 2.05) is 0 Å². The largest absolute Gasteiger partial charge is 0.478 e. The number of carboxylic acid groups (broad SMARTS) is 1. The van der Waals surface area contributed by atoms with E-state index in [2.05, 4.69) is 10.6 Å². The number of carbonyl (C=O) groups is 2. The van der Waals surface area contributed by atoms with Crippen molar-refractivity contribution in [1.29, 1.82) is 0 Å². The summed E-state index contributed by atoms with van der Waals surface area (Å²) in [6.45, 7) is 0.685. The van der Waals surface area contributed by atoms with Gasteiger partial charge in [-0.15, -0.1) is 0 Å². The molecule has 6 nitrogen and oxygen atoms in total. The molecule has 2 atom stereocenters. The second-order valence-corrected chi connectivity index (χ2v) is 4.52. The van der Waals surface area contributed by atoms with Gasteiger partial charge in [0.15, 0.2) is 0 Å². The maximum Gasteiger partial charge on any atom is 0.337 e. The van der Waals surface area contributed by atoms with Crippen molar-refractivity contribution < 1.29 is 23.8 Å². The van der Waals surface area contributed by atoms with Crippen LogP contribution in [-0.2, 0) is 9.53 Å². The highest BCUT2D eigenvalue weighted by Gasteiger charge is 2.33. The normalized spacial score (nSPS) is 21.7. The van der Waals surface area contributed by atoms with Gasteiger partial charge < -0.3 is 20.5 Å². The lowest BCUT2D eigenvalue weighted by Gasteiger charge is -2.17. The fourth-order valence-electron chi connectivity index (χ4n) is 2.13. The summed E-state index contributed by atoms with van der Waals surface area (Å²) in [4.78, 5) is 23.2. The summed E-state index contributed by atoms with van der Waals surface area (Å²) in [5.41, 5.74) is -0.205. The predicted octanol–water partition coefficient (Wildman–Crippen LogP) is 0.697. The highest BCUT2D eigenvalue weighted by Crippen LogP contribution is 2.20. The minimum Gasteiger partial charge on any atom is -0.478 e. The highest BCUT2D eigenvalue weighted by atomic mass is 19.1. The number of hydrogen-bond acceptors (Lipinski definition) is 4. The lowest BCUT2D eigenvalue weighted by atomic mass is 10.0. The number of rotatable bonds is 4. The van der Waals surface area contributed by atoms with E-state index in [1.54, 1.807) is 7.05 Å². The molecular formula is C13H15FN2O4. The number of halogens is 1. The number of aromatic carboxylic acids is 1. The Balaban J connectivity index is 2.17. The maximum atomic E-state index is 13.1. The van der Waals surface area contributed by atoms with Crippen LogP contribution >= 0.6 is 0 Å². The first-order valence-corrected chi connectivity index (χ1v) is 6.11. The lowest BCUT2D eigenvalue weighted by molar-refractivity contribution is -0.120. The Bertz CT molecular complexity index is 535. The standard InChI is InChI=1S/C13H15FN2O4/c1-15-11-6-20-5-9(11)12(17)16-10-3-2-7(14)4-8(10)13(18)19/h2-4,9,11,15H,5-6H2,1H3,(H,16,17)(H,18,19). The molecule has 0 bridgehead atoms. The molecule has 3 N–H and O–H groups in total. The molecule has 0 radical (unpaired) electrons. The van der Waals surface area contributed by atoms with Crippen molar-refractivity contribution in [2.24, 2.45) is 5.92 Å². The zero-order valence-corrected chi connectivity index (χ0v) is 10.9. The van der Waals surface area contributed by atoms with Crippen molar-refractivity contribution in [3.05, 3.63) is 29.6 Å². The van der Waals surface area contributed by atoms with Gasteiger partial charge >= 0.3 is 5.97 Å². The predicted molar refractivity (Wildman–Crippen MR) is 69.1 cm³/mol. The molecule has 1 amide bonds. The Morgan fingerprint density at radius 2 is 2.15 bits per heavy atom. The molecule has 108 valence electrons. The third-order valence-corrected chi connectivity index (χ3v) is 3.26. The average Bonchev–Trinajstić information content (AvgIpc) is 2.89. The Hall–Kier alpha value is -1.99. The molecule has 1 saturated heterocycles. The SMILES string of the molecule is CNC1COCC1C(=O)Nc1ccc(F)cc1C(=O)O. The van der Waals surface area contributed by atoms with Crippen molar-refractivity contribution in [2.45, 2.75) is 6.04 Å².